The van der Waals surface area contributed by atoms with E-state index in [1.54, 1.807) is 0 Å². The number of nitrogens with zero attached hydrogens (tertiary/aromatic N) is 1. The molecule has 0 fully saturated rings. The van der Waals surface area contributed by atoms with Crippen LogP contribution in [0.15, 0.2) is 24.3 Å². The Morgan fingerprint density at radius 2 is 2.18 bits per heavy atom. The number of hydrogen-bond donors (Lipinski definition) is 3. The summed E-state index contributed by atoms with van der Waals surface area (Å²) in [4.78, 5) is 0. The molecule has 4 nitrogen and oxygen atoms in total. The highest BCUT2D eigenvalue weighted by Gasteiger charge is 2.05. The first-order valence-electron chi connectivity index (χ1n) is 6.17. The summed E-state index contributed by atoms with van der Waals surface area (Å²) >= 11 is 0. The Hall–Kier alpha value is -1.39. The second kappa shape index (κ2) is 5.80. The first-order valence-corrected chi connectivity index (χ1v) is 6.17. The van der Waals surface area contributed by atoms with Crippen LogP contribution in [0.3, 0.4) is 0 Å². The van der Waals surface area contributed by atoms with Crippen molar-refractivity contribution in [1.29, 1.82) is 0 Å². The number of aromatic nitrogens is 2. The quantitative estimate of drug-likeness (QED) is 0.710. The van der Waals surface area contributed by atoms with Crippen molar-refractivity contribution >= 4 is 10.9 Å². The Morgan fingerprint density at radius 1 is 1.35 bits per heavy atom. The molecule has 1 aromatic heterocycles. The monoisotopic (exact) mass is 232 g/mol. The van der Waals surface area contributed by atoms with Gasteiger partial charge in [-0.3, -0.25) is 5.10 Å². The van der Waals surface area contributed by atoms with E-state index in [9.17, 15) is 0 Å². The largest absolute Gasteiger partial charge is 0.315 e. The number of benzene rings is 1. The van der Waals surface area contributed by atoms with E-state index in [4.69, 9.17) is 0 Å². The first kappa shape index (κ1) is 12.1. The minimum absolute atomic E-state index is 0.456. The summed E-state index contributed by atoms with van der Waals surface area (Å²) < 4.78 is 0. The predicted octanol–water partition coefficient (Wildman–Crippen LogP) is 1.65. The standard InChI is InChI=1S/C13H20N4/c1-3-14-8-10(2)15-9-13-11-6-4-5-7-12(11)16-17-13/h4-7,10,14-15H,3,8-9H2,1-2H3,(H,16,17). The highest BCUT2D eigenvalue weighted by atomic mass is 15.1. The van der Waals surface area contributed by atoms with Crippen LogP contribution in [0, 0.1) is 0 Å². The van der Waals surface area contributed by atoms with Gasteiger partial charge in [0, 0.05) is 24.5 Å². The first-order chi connectivity index (χ1) is 8.31. The van der Waals surface area contributed by atoms with Gasteiger partial charge in [0.25, 0.3) is 0 Å². The van der Waals surface area contributed by atoms with E-state index in [0.717, 1.165) is 30.8 Å². The molecule has 0 saturated carbocycles. The van der Waals surface area contributed by atoms with Crippen LogP contribution in [-0.2, 0) is 6.54 Å². The number of aromatic amines is 1. The third kappa shape index (κ3) is 3.05. The maximum absolute atomic E-state index is 4.28. The fraction of sp³-hybridized carbons (Fsp3) is 0.462. The highest BCUT2D eigenvalue weighted by Crippen LogP contribution is 2.14. The molecule has 1 unspecified atom stereocenters. The number of nitrogens with one attached hydrogen (secondary N) is 3. The van der Waals surface area contributed by atoms with Crippen LogP contribution in [0.5, 0.6) is 0 Å². The molecule has 1 atom stereocenters. The maximum atomic E-state index is 4.28. The lowest BCUT2D eigenvalue weighted by molar-refractivity contribution is 0.506. The van der Waals surface area contributed by atoms with E-state index in [0.29, 0.717) is 6.04 Å². The summed E-state index contributed by atoms with van der Waals surface area (Å²) in [7, 11) is 0. The van der Waals surface area contributed by atoms with Gasteiger partial charge in [-0.05, 0) is 19.5 Å². The lowest BCUT2D eigenvalue weighted by atomic mass is 10.2. The summed E-state index contributed by atoms with van der Waals surface area (Å²) in [5.41, 5.74) is 2.19. The van der Waals surface area contributed by atoms with Crippen LogP contribution in [-0.4, -0.2) is 29.3 Å². The highest BCUT2D eigenvalue weighted by molar-refractivity contribution is 5.81. The molecule has 0 radical (unpaired) electrons. The number of H-pyrrole nitrogens is 1. The average molecular weight is 232 g/mol. The van der Waals surface area contributed by atoms with Crippen LogP contribution < -0.4 is 10.6 Å². The van der Waals surface area contributed by atoms with E-state index in [1.165, 1.54) is 5.39 Å². The third-order valence-electron chi connectivity index (χ3n) is 2.87. The zero-order chi connectivity index (χ0) is 12.1. The summed E-state index contributed by atoms with van der Waals surface area (Å²) in [6.45, 7) is 7.13. The Bertz CT molecular complexity index is 463. The van der Waals surface area contributed by atoms with E-state index in [2.05, 4.69) is 40.7 Å². The SMILES string of the molecule is CCNCC(C)NCc1[nH]nc2ccccc12. The minimum atomic E-state index is 0.456. The van der Waals surface area contributed by atoms with Crippen molar-refractivity contribution in [1.82, 2.24) is 20.8 Å². The molecule has 0 aliphatic heterocycles. The molecular formula is C13H20N4. The molecule has 2 aromatic rings. The molecule has 3 N–H and O–H groups in total. The smallest absolute Gasteiger partial charge is 0.0924 e. The normalized spacial score (nSPS) is 13.1. The second-order valence-electron chi connectivity index (χ2n) is 4.31. The average Bonchev–Trinajstić information content (AvgIpc) is 2.77. The van der Waals surface area contributed by atoms with Gasteiger partial charge in [0.15, 0.2) is 0 Å². The minimum Gasteiger partial charge on any atom is -0.315 e. The number of likely N-dealkylation sites (N-methyl/N-ethyl adjacent to an activating group) is 1. The van der Waals surface area contributed by atoms with E-state index in [-0.39, 0.29) is 0 Å². The zero-order valence-electron chi connectivity index (χ0n) is 10.5. The van der Waals surface area contributed by atoms with Gasteiger partial charge < -0.3 is 10.6 Å². The third-order valence-corrected chi connectivity index (χ3v) is 2.87. The number of para-hydroxylation sites is 1. The van der Waals surface area contributed by atoms with Gasteiger partial charge in [-0.2, -0.15) is 5.10 Å². The van der Waals surface area contributed by atoms with Gasteiger partial charge in [-0.15, -0.1) is 0 Å². The summed E-state index contributed by atoms with van der Waals surface area (Å²) in [5, 5.41) is 15.4. The van der Waals surface area contributed by atoms with Crippen LogP contribution >= 0.6 is 0 Å². The van der Waals surface area contributed by atoms with Crippen molar-refractivity contribution in [2.24, 2.45) is 0 Å². The molecule has 2 rings (SSSR count). The van der Waals surface area contributed by atoms with Crippen molar-refractivity contribution in [3.05, 3.63) is 30.0 Å². The molecule has 1 aromatic carbocycles. The lowest BCUT2D eigenvalue weighted by Gasteiger charge is -2.13. The summed E-state index contributed by atoms with van der Waals surface area (Å²) in [5.74, 6) is 0. The summed E-state index contributed by atoms with van der Waals surface area (Å²) in [6, 6.07) is 8.64. The van der Waals surface area contributed by atoms with Crippen LogP contribution in [0.4, 0.5) is 0 Å². The molecular weight excluding hydrogens is 212 g/mol. The van der Waals surface area contributed by atoms with Gasteiger partial charge in [0.05, 0.1) is 11.2 Å². The topological polar surface area (TPSA) is 52.7 Å². The van der Waals surface area contributed by atoms with Gasteiger partial charge in [-0.25, -0.2) is 0 Å². The molecule has 17 heavy (non-hydrogen) atoms. The van der Waals surface area contributed by atoms with Crippen molar-refractivity contribution in [2.75, 3.05) is 13.1 Å². The molecule has 0 saturated heterocycles. The molecule has 0 bridgehead atoms. The summed E-state index contributed by atoms with van der Waals surface area (Å²) in [6.07, 6.45) is 0. The van der Waals surface area contributed by atoms with Crippen LogP contribution in [0.25, 0.3) is 10.9 Å². The van der Waals surface area contributed by atoms with Crippen LogP contribution in [0.1, 0.15) is 19.5 Å². The zero-order valence-corrected chi connectivity index (χ0v) is 10.5. The molecule has 0 spiro atoms. The molecule has 1 heterocycles. The van der Waals surface area contributed by atoms with Crippen molar-refractivity contribution in [3.63, 3.8) is 0 Å². The van der Waals surface area contributed by atoms with Gasteiger partial charge >= 0.3 is 0 Å². The van der Waals surface area contributed by atoms with Crippen molar-refractivity contribution in [2.45, 2.75) is 26.4 Å². The van der Waals surface area contributed by atoms with Gasteiger partial charge in [-0.1, -0.05) is 25.1 Å². The molecule has 0 amide bonds. The Labute approximate surface area is 102 Å². The van der Waals surface area contributed by atoms with Gasteiger partial charge in [0.2, 0.25) is 0 Å². The molecule has 0 aliphatic carbocycles. The number of hydrogen-bond acceptors (Lipinski definition) is 3. The van der Waals surface area contributed by atoms with E-state index in [1.807, 2.05) is 18.2 Å². The lowest BCUT2D eigenvalue weighted by Crippen LogP contribution is -2.35. The van der Waals surface area contributed by atoms with Crippen molar-refractivity contribution < 1.29 is 0 Å². The second-order valence-corrected chi connectivity index (χ2v) is 4.31. The molecule has 4 heteroatoms. The van der Waals surface area contributed by atoms with Crippen molar-refractivity contribution in [3.8, 4) is 0 Å². The Kier molecular flexibility index (Phi) is 4.12. The van der Waals surface area contributed by atoms with Gasteiger partial charge in [0.1, 0.15) is 0 Å². The van der Waals surface area contributed by atoms with Crippen LogP contribution in [0.2, 0.25) is 0 Å². The molecule has 0 aliphatic rings. The Morgan fingerprint density at radius 3 is 3.00 bits per heavy atom. The Balaban J connectivity index is 1.95. The van der Waals surface area contributed by atoms with E-state index >= 15 is 0 Å². The fourth-order valence-electron chi connectivity index (χ4n) is 1.86. The predicted molar refractivity (Wildman–Crippen MR) is 70.9 cm³/mol. The maximum Gasteiger partial charge on any atom is 0.0924 e. The number of fused-ring (bicyclic) bond motifs is 1. The van der Waals surface area contributed by atoms with E-state index < -0.39 is 0 Å². The molecule has 92 valence electrons. The number of rotatable bonds is 6. The fourth-order valence-corrected chi connectivity index (χ4v) is 1.86.